The standard InChI is InChI=1S/C17H22N2OS/c1-13(2)19(17(20)16-9-6-10-18(16)3)12-14-7-5-8-15(11-14)21-4/h5-11,13H,12H2,1-4H3. The van der Waals surface area contributed by atoms with Gasteiger partial charge in [0.25, 0.3) is 5.91 Å². The number of benzene rings is 1. The lowest BCUT2D eigenvalue weighted by Gasteiger charge is -2.27. The van der Waals surface area contributed by atoms with Crippen molar-refractivity contribution in [2.45, 2.75) is 31.3 Å². The zero-order chi connectivity index (χ0) is 15.4. The number of rotatable bonds is 5. The van der Waals surface area contributed by atoms with Gasteiger partial charge in [0.05, 0.1) is 0 Å². The Hall–Kier alpha value is -1.68. The van der Waals surface area contributed by atoms with E-state index < -0.39 is 0 Å². The first-order valence-corrected chi connectivity index (χ1v) is 8.30. The fourth-order valence-electron chi connectivity index (χ4n) is 2.29. The van der Waals surface area contributed by atoms with Crippen molar-refractivity contribution in [1.82, 2.24) is 9.47 Å². The van der Waals surface area contributed by atoms with Gasteiger partial charge in [-0.1, -0.05) is 12.1 Å². The topological polar surface area (TPSA) is 25.2 Å². The molecule has 1 aromatic heterocycles. The highest BCUT2D eigenvalue weighted by atomic mass is 32.2. The molecule has 0 spiro atoms. The van der Waals surface area contributed by atoms with E-state index in [0.29, 0.717) is 6.54 Å². The van der Waals surface area contributed by atoms with Crippen LogP contribution in [-0.4, -0.2) is 27.7 Å². The summed E-state index contributed by atoms with van der Waals surface area (Å²) in [7, 11) is 1.90. The van der Waals surface area contributed by atoms with Crippen LogP contribution in [0.3, 0.4) is 0 Å². The minimum Gasteiger partial charge on any atom is -0.347 e. The summed E-state index contributed by atoms with van der Waals surface area (Å²) in [5, 5.41) is 0. The highest BCUT2D eigenvalue weighted by Gasteiger charge is 2.20. The van der Waals surface area contributed by atoms with Crippen LogP contribution in [0.1, 0.15) is 29.9 Å². The maximum Gasteiger partial charge on any atom is 0.270 e. The van der Waals surface area contributed by atoms with Crippen LogP contribution in [0.2, 0.25) is 0 Å². The fraction of sp³-hybridized carbons (Fsp3) is 0.353. The summed E-state index contributed by atoms with van der Waals surface area (Å²) < 4.78 is 1.87. The monoisotopic (exact) mass is 302 g/mol. The van der Waals surface area contributed by atoms with Crippen molar-refractivity contribution in [1.29, 1.82) is 0 Å². The Morgan fingerprint density at radius 2 is 2.05 bits per heavy atom. The molecule has 1 heterocycles. The summed E-state index contributed by atoms with van der Waals surface area (Å²) in [5.74, 6) is 0.0760. The highest BCUT2D eigenvalue weighted by Crippen LogP contribution is 2.19. The van der Waals surface area contributed by atoms with Crippen molar-refractivity contribution < 1.29 is 4.79 Å². The molecule has 0 N–H and O–H groups in total. The Morgan fingerprint density at radius 1 is 1.29 bits per heavy atom. The Kier molecular flexibility index (Phi) is 5.12. The van der Waals surface area contributed by atoms with E-state index in [1.165, 1.54) is 4.90 Å². The number of nitrogens with zero attached hydrogens (tertiary/aromatic N) is 2. The van der Waals surface area contributed by atoms with Crippen LogP contribution >= 0.6 is 11.8 Å². The minimum absolute atomic E-state index is 0.0760. The molecular formula is C17H22N2OS. The second kappa shape index (κ2) is 6.85. The largest absolute Gasteiger partial charge is 0.347 e. The number of hydrogen-bond donors (Lipinski definition) is 0. The molecule has 21 heavy (non-hydrogen) atoms. The lowest BCUT2D eigenvalue weighted by Crippen LogP contribution is -2.37. The molecule has 0 atom stereocenters. The van der Waals surface area contributed by atoms with Crippen molar-refractivity contribution in [3.63, 3.8) is 0 Å². The molecule has 1 amide bonds. The van der Waals surface area contributed by atoms with Gasteiger partial charge in [0.15, 0.2) is 0 Å². The lowest BCUT2D eigenvalue weighted by atomic mass is 10.1. The summed E-state index contributed by atoms with van der Waals surface area (Å²) in [6.07, 6.45) is 3.97. The number of amides is 1. The van der Waals surface area contributed by atoms with Gasteiger partial charge in [-0.25, -0.2) is 0 Å². The van der Waals surface area contributed by atoms with Crippen LogP contribution < -0.4 is 0 Å². The third-order valence-corrected chi connectivity index (χ3v) is 4.26. The molecule has 0 aliphatic heterocycles. The lowest BCUT2D eigenvalue weighted by molar-refractivity contribution is 0.0680. The first kappa shape index (κ1) is 15.7. The normalized spacial score (nSPS) is 10.9. The molecule has 0 saturated carbocycles. The maximum atomic E-state index is 12.7. The quantitative estimate of drug-likeness (QED) is 0.785. The molecular weight excluding hydrogens is 280 g/mol. The fourth-order valence-corrected chi connectivity index (χ4v) is 2.77. The number of hydrogen-bond acceptors (Lipinski definition) is 2. The molecule has 0 unspecified atom stereocenters. The number of carbonyl (C=O) groups is 1. The molecule has 2 rings (SSSR count). The zero-order valence-electron chi connectivity index (χ0n) is 13.0. The zero-order valence-corrected chi connectivity index (χ0v) is 13.9. The molecule has 2 aromatic rings. The Balaban J connectivity index is 2.23. The van der Waals surface area contributed by atoms with Crippen molar-refractivity contribution in [3.8, 4) is 0 Å². The molecule has 0 fully saturated rings. The first-order valence-electron chi connectivity index (χ1n) is 7.08. The number of carbonyl (C=O) groups excluding carboxylic acids is 1. The van der Waals surface area contributed by atoms with Gasteiger partial charge in [-0.3, -0.25) is 4.79 Å². The van der Waals surface area contributed by atoms with Gasteiger partial charge < -0.3 is 9.47 Å². The summed E-state index contributed by atoms with van der Waals surface area (Å²) in [5.41, 5.74) is 1.89. The predicted molar refractivity (Wildman–Crippen MR) is 88.6 cm³/mol. The first-order chi connectivity index (χ1) is 10.0. The van der Waals surface area contributed by atoms with Crippen molar-refractivity contribution in [2.75, 3.05) is 6.26 Å². The average molecular weight is 302 g/mol. The van der Waals surface area contributed by atoms with Gasteiger partial charge in [0.2, 0.25) is 0 Å². The maximum absolute atomic E-state index is 12.7. The molecule has 112 valence electrons. The van der Waals surface area contributed by atoms with Gasteiger partial charge in [-0.15, -0.1) is 11.8 Å². The average Bonchev–Trinajstić information content (AvgIpc) is 2.90. The molecule has 1 aromatic carbocycles. The van der Waals surface area contributed by atoms with Crippen molar-refractivity contribution in [2.24, 2.45) is 7.05 Å². The number of thioether (sulfide) groups is 1. The SMILES string of the molecule is CSc1cccc(CN(C(=O)c2cccn2C)C(C)C)c1. The van der Waals surface area contributed by atoms with E-state index in [-0.39, 0.29) is 11.9 Å². The van der Waals surface area contributed by atoms with E-state index in [1.54, 1.807) is 11.8 Å². The second-order valence-electron chi connectivity index (χ2n) is 5.38. The van der Waals surface area contributed by atoms with Gasteiger partial charge in [-0.05, 0) is 49.9 Å². The van der Waals surface area contributed by atoms with Crippen LogP contribution in [0.15, 0.2) is 47.5 Å². The van der Waals surface area contributed by atoms with E-state index in [0.717, 1.165) is 11.3 Å². The van der Waals surface area contributed by atoms with Gasteiger partial charge in [-0.2, -0.15) is 0 Å². The van der Waals surface area contributed by atoms with E-state index >= 15 is 0 Å². The molecule has 3 nitrogen and oxygen atoms in total. The predicted octanol–water partition coefficient (Wildman–Crippen LogP) is 3.80. The molecule has 4 heteroatoms. The Bertz CT molecular complexity index is 619. The van der Waals surface area contributed by atoms with Gasteiger partial charge in [0.1, 0.15) is 5.69 Å². The number of aromatic nitrogens is 1. The molecule has 0 aliphatic rings. The van der Waals surface area contributed by atoms with Crippen molar-refractivity contribution in [3.05, 3.63) is 53.9 Å². The van der Waals surface area contributed by atoms with Gasteiger partial charge in [0, 0.05) is 30.7 Å². The van der Waals surface area contributed by atoms with Crippen LogP contribution in [0.25, 0.3) is 0 Å². The molecule has 0 aliphatic carbocycles. The van der Waals surface area contributed by atoms with E-state index in [2.05, 4.69) is 38.3 Å². The van der Waals surface area contributed by atoms with Crippen LogP contribution in [0.5, 0.6) is 0 Å². The summed E-state index contributed by atoms with van der Waals surface area (Å²) >= 11 is 1.72. The molecule has 0 bridgehead atoms. The summed E-state index contributed by atoms with van der Waals surface area (Å²) in [6.45, 7) is 4.74. The van der Waals surface area contributed by atoms with E-state index in [4.69, 9.17) is 0 Å². The third kappa shape index (κ3) is 3.70. The highest BCUT2D eigenvalue weighted by molar-refractivity contribution is 7.98. The van der Waals surface area contributed by atoms with E-state index in [9.17, 15) is 4.79 Å². The molecule has 0 saturated heterocycles. The minimum atomic E-state index is 0.0760. The van der Waals surface area contributed by atoms with Crippen molar-refractivity contribution >= 4 is 17.7 Å². The van der Waals surface area contributed by atoms with Crippen LogP contribution in [0, 0.1) is 0 Å². The van der Waals surface area contributed by atoms with E-state index in [1.807, 2.05) is 40.9 Å². The summed E-state index contributed by atoms with van der Waals surface area (Å²) in [4.78, 5) is 15.9. The third-order valence-electron chi connectivity index (χ3n) is 3.53. The Labute approximate surface area is 131 Å². The molecule has 0 radical (unpaired) electrons. The number of aryl methyl sites for hydroxylation is 1. The van der Waals surface area contributed by atoms with Crippen LogP contribution in [-0.2, 0) is 13.6 Å². The van der Waals surface area contributed by atoms with Gasteiger partial charge >= 0.3 is 0 Å². The second-order valence-corrected chi connectivity index (χ2v) is 6.26. The summed E-state index contributed by atoms with van der Waals surface area (Å²) in [6, 6.07) is 12.3. The van der Waals surface area contributed by atoms with Crippen LogP contribution in [0.4, 0.5) is 0 Å². The smallest absolute Gasteiger partial charge is 0.270 e. The Morgan fingerprint density at radius 3 is 2.62 bits per heavy atom.